The van der Waals surface area contributed by atoms with Crippen molar-refractivity contribution in [3.8, 4) is 5.75 Å². The van der Waals surface area contributed by atoms with Crippen LogP contribution in [0.1, 0.15) is 20.7 Å². The van der Waals surface area contributed by atoms with Crippen molar-refractivity contribution in [2.45, 2.75) is 0 Å². The van der Waals surface area contributed by atoms with Crippen LogP contribution in [0.3, 0.4) is 0 Å². The van der Waals surface area contributed by atoms with E-state index in [0.29, 0.717) is 5.06 Å². The van der Waals surface area contributed by atoms with Gasteiger partial charge < -0.3 is 9.25 Å². The molecule has 0 fully saturated rings. The van der Waals surface area contributed by atoms with Gasteiger partial charge in [-0.3, -0.25) is 9.59 Å². The number of hydrogen-bond acceptors (Lipinski definition) is 5. The highest BCUT2D eigenvalue weighted by atomic mass is 16.7. The zero-order chi connectivity index (χ0) is 13.4. The van der Waals surface area contributed by atoms with Gasteiger partial charge in [0.25, 0.3) is 11.8 Å². The zero-order valence-electron chi connectivity index (χ0n) is 9.53. The summed E-state index contributed by atoms with van der Waals surface area (Å²) in [5.74, 6) is -1.06. The van der Waals surface area contributed by atoms with E-state index < -0.39 is 17.4 Å². The van der Waals surface area contributed by atoms with Gasteiger partial charge in [-0.05, 0) is 12.1 Å². The first-order valence-electron chi connectivity index (χ1n) is 5.41. The van der Waals surface area contributed by atoms with Crippen molar-refractivity contribution < 1.29 is 18.8 Å². The fourth-order valence-corrected chi connectivity index (χ4v) is 1.78. The molecule has 1 aromatic carbocycles. The number of hydroxylamine groups is 2. The molecule has 1 aliphatic heterocycles. The summed E-state index contributed by atoms with van der Waals surface area (Å²) in [4.78, 5) is 40.1. The predicted molar refractivity (Wildman–Crippen MR) is 62.5 cm³/mol. The van der Waals surface area contributed by atoms with Gasteiger partial charge in [0.1, 0.15) is 0 Å². The first-order valence-corrected chi connectivity index (χ1v) is 5.41. The summed E-state index contributed by atoms with van der Waals surface area (Å²) in [5, 5.41) is 0.624. The molecule has 19 heavy (non-hydrogen) atoms. The Kier molecular flexibility index (Phi) is 2.42. The van der Waals surface area contributed by atoms with Gasteiger partial charge in [0.05, 0.1) is 23.5 Å². The Bertz CT molecular complexity index is 699. The van der Waals surface area contributed by atoms with E-state index in [0.717, 1.165) is 12.3 Å². The van der Waals surface area contributed by atoms with Crippen molar-refractivity contribution in [2.75, 3.05) is 0 Å². The molecule has 2 heterocycles. The summed E-state index contributed by atoms with van der Waals surface area (Å²) in [5.41, 5.74) is -0.0833. The molecular weight excluding hydrogens is 250 g/mol. The Hall–Kier alpha value is -2.89. The summed E-state index contributed by atoms with van der Waals surface area (Å²) in [6, 6.07) is 8.78. The second kappa shape index (κ2) is 4.09. The molecule has 0 unspecified atom stereocenters. The van der Waals surface area contributed by atoms with Gasteiger partial charge in [0.15, 0.2) is 5.75 Å². The van der Waals surface area contributed by atoms with Crippen LogP contribution in [0.25, 0.3) is 0 Å². The SMILES string of the molecule is O=C1c2ccccc2C(=O)N1Oc1ccoc(=O)c1. The molecule has 0 radical (unpaired) electrons. The Morgan fingerprint density at radius 3 is 2.16 bits per heavy atom. The molecule has 0 N–H and O–H groups in total. The minimum Gasteiger partial charge on any atom is -0.431 e. The van der Waals surface area contributed by atoms with Gasteiger partial charge in [0.2, 0.25) is 0 Å². The minimum absolute atomic E-state index is 0.0609. The highest BCUT2D eigenvalue weighted by Crippen LogP contribution is 2.23. The van der Waals surface area contributed by atoms with Crippen molar-refractivity contribution in [3.05, 3.63) is 64.2 Å². The van der Waals surface area contributed by atoms with Crippen molar-refractivity contribution >= 4 is 11.8 Å². The Balaban J connectivity index is 1.95. The van der Waals surface area contributed by atoms with E-state index in [-0.39, 0.29) is 16.9 Å². The maximum atomic E-state index is 12.0. The number of benzene rings is 1. The Morgan fingerprint density at radius 2 is 1.58 bits per heavy atom. The van der Waals surface area contributed by atoms with Crippen molar-refractivity contribution in [2.24, 2.45) is 0 Å². The lowest BCUT2D eigenvalue weighted by atomic mass is 10.1. The maximum absolute atomic E-state index is 12.0. The van der Waals surface area contributed by atoms with Gasteiger partial charge in [-0.25, -0.2) is 4.79 Å². The standard InChI is InChI=1S/C13H7NO5/c15-11-7-8(5-6-18-11)19-14-12(16)9-3-1-2-4-10(9)13(14)17/h1-7H. The van der Waals surface area contributed by atoms with Gasteiger partial charge in [0, 0.05) is 6.07 Å². The molecule has 6 heteroatoms. The lowest BCUT2D eigenvalue weighted by molar-refractivity contribution is -0.0144. The predicted octanol–water partition coefficient (Wildman–Crippen LogP) is 1.23. The van der Waals surface area contributed by atoms with Crippen LogP contribution in [-0.2, 0) is 0 Å². The lowest BCUT2D eigenvalue weighted by Crippen LogP contribution is -2.33. The second-order valence-corrected chi connectivity index (χ2v) is 3.83. The molecule has 94 valence electrons. The smallest absolute Gasteiger partial charge is 0.339 e. The lowest BCUT2D eigenvalue weighted by Gasteiger charge is -2.13. The second-order valence-electron chi connectivity index (χ2n) is 3.83. The maximum Gasteiger partial charge on any atom is 0.339 e. The summed E-state index contributed by atoms with van der Waals surface area (Å²) < 4.78 is 4.52. The van der Waals surface area contributed by atoms with Crippen LogP contribution in [0.4, 0.5) is 0 Å². The topological polar surface area (TPSA) is 76.8 Å². The third-order valence-corrected chi connectivity index (χ3v) is 2.63. The van der Waals surface area contributed by atoms with E-state index in [4.69, 9.17) is 4.84 Å². The van der Waals surface area contributed by atoms with Crippen LogP contribution in [-0.4, -0.2) is 16.9 Å². The van der Waals surface area contributed by atoms with Crippen LogP contribution in [0.5, 0.6) is 5.75 Å². The fourth-order valence-electron chi connectivity index (χ4n) is 1.78. The van der Waals surface area contributed by atoms with Gasteiger partial charge in [-0.1, -0.05) is 17.2 Å². The van der Waals surface area contributed by atoms with Gasteiger partial charge >= 0.3 is 5.63 Å². The van der Waals surface area contributed by atoms with E-state index in [1.807, 2.05) is 0 Å². The molecule has 0 saturated heterocycles. The number of fused-ring (bicyclic) bond motifs is 1. The number of carbonyl (C=O) groups excluding carboxylic acids is 2. The molecule has 3 rings (SSSR count). The quantitative estimate of drug-likeness (QED) is 0.756. The van der Waals surface area contributed by atoms with E-state index >= 15 is 0 Å². The highest BCUT2D eigenvalue weighted by molar-refractivity contribution is 6.20. The van der Waals surface area contributed by atoms with Gasteiger partial charge in [-0.15, -0.1) is 0 Å². The van der Waals surface area contributed by atoms with E-state index in [9.17, 15) is 14.4 Å². The molecule has 2 amide bonds. The molecule has 0 saturated carbocycles. The first-order chi connectivity index (χ1) is 9.16. The van der Waals surface area contributed by atoms with Gasteiger partial charge in [-0.2, -0.15) is 0 Å². The summed E-state index contributed by atoms with van der Waals surface area (Å²) in [6.45, 7) is 0. The van der Waals surface area contributed by atoms with Crippen molar-refractivity contribution in [3.63, 3.8) is 0 Å². The van der Waals surface area contributed by atoms with Crippen LogP contribution in [0.15, 0.2) is 51.9 Å². The number of amides is 2. The largest absolute Gasteiger partial charge is 0.431 e. The minimum atomic E-state index is -0.630. The average Bonchev–Trinajstić information content (AvgIpc) is 2.65. The summed E-state index contributed by atoms with van der Waals surface area (Å²) in [6.07, 6.45) is 1.12. The normalized spacial score (nSPS) is 13.6. The molecule has 1 aromatic heterocycles. The van der Waals surface area contributed by atoms with Crippen LogP contribution >= 0.6 is 0 Å². The molecule has 6 nitrogen and oxygen atoms in total. The molecule has 0 spiro atoms. The number of imide groups is 1. The Morgan fingerprint density at radius 1 is 0.947 bits per heavy atom. The van der Waals surface area contributed by atoms with E-state index in [2.05, 4.69) is 4.42 Å². The average molecular weight is 257 g/mol. The molecular formula is C13H7NO5. The van der Waals surface area contributed by atoms with Crippen LogP contribution < -0.4 is 10.5 Å². The number of rotatable bonds is 2. The molecule has 0 bridgehead atoms. The monoisotopic (exact) mass is 257 g/mol. The van der Waals surface area contributed by atoms with Crippen molar-refractivity contribution in [1.29, 1.82) is 0 Å². The first kappa shape index (κ1) is 11.2. The number of nitrogens with zero attached hydrogens (tertiary/aromatic N) is 1. The zero-order valence-corrected chi connectivity index (χ0v) is 9.53. The van der Waals surface area contributed by atoms with Crippen molar-refractivity contribution in [1.82, 2.24) is 5.06 Å². The van der Waals surface area contributed by atoms with E-state index in [1.165, 1.54) is 18.2 Å². The van der Waals surface area contributed by atoms with Crippen LogP contribution in [0, 0.1) is 0 Å². The molecule has 0 aliphatic carbocycles. The molecule has 2 aromatic rings. The molecule has 0 atom stereocenters. The van der Waals surface area contributed by atoms with E-state index in [1.54, 1.807) is 12.1 Å². The summed E-state index contributed by atoms with van der Waals surface area (Å²) in [7, 11) is 0. The number of carbonyl (C=O) groups is 2. The Labute approximate surface area is 106 Å². The third kappa shape index (κ3) is 1.79. The highest BCUT2D eigenvalue weighted by Gasteiger charge is 2.37. The van der Waals surface area contributed by atoms with Crippen LogP contribution in [0.2, 0.25) is 0 Å². The number of hydrogen-bond donors (Lipinski definition) is 0. The fraction of sp³-hybridized carbons (Fsp3) is 0. The third-order valence-electron chi connectivity index (χ3n) is 2.63. The summed E-state index contributed by atoms with van der Waals surface area (Å²) >= 11 is 0. The molecule has 1 aliphatic rings.